The van der Waals surface area contributed by atoms with Gasteiger partial charge in [-0.3, -0.25) is 19.2 Å². The Balaban J connectivity index is 1.83. The van der Waals surface area contributed by atoms with E-state index in [1.807, 2.05) is 18.2 Å². The number of nitrogens with one attached hydrogen (secondary N) is 1. The Morgan fingerprint density at radius 3 is 2.21 bits per heavy atom. The summed E-state index contributed by atoms with van der Waals surface area (Å²) in [6, 6.07) is 9.40. The summed E-state index contributed by atoms with van der Waals surface area (Å²) in [6.07, 6.45) is -0.549. The van der Waals surface area contributed by atoms with Crippen LogP contribution in [0.4, 0.5) is 4.79 Å². The van der Waals surface area contributed by atoms with E-state index in [0.717, 1.165) is 0 Å². The Hall–Kier alpha value is -4.35. The van der Waals surface area contributed by atoms with Crippen molar-refractivity contribution in [1.29, 1.82) is 0 Å². The summed E-state index contributed by atoms with van der Waals surface area (Å²) < 4.78 is 10.4. The molecule has 1 fully saturated rings. The summed E-state index contributed by atoms with van der Waals surface area (Å²) in [5.41, 5.74) is 0.315. The molecule has 2 aromatic rings. The van der Waals surface area contributed by atoms with Gasteiger partial charge >= 0.3 is 12.1 Å². The van der Waals surface area contributed by atoms with Gasteiger partial charge in [-0.05, 0) is 47.1 Å². The highest BCUT2D eigenvalue weighted by atomic mass is 16.6. The first-order valence-corrected chi connectivity index (χ1v) is 14.0. The number of esters is 1. The fraction of sp³-hybridized carbons (Fsp3) is 0.500. The number of rotatable bonds is 10. The summed E-state index contributed by atoms with van der Waals surface area (Å²) in [7, 11) is 0. The molecule has 3 amide bonds. The van der Waals surface area contributed by atoms with Gasteiger partial charge in [-0.2, -0.15) is 0 Å². The Kier molecular flexibility index (Phi) is 11.1. The van der Waals surface area contributed by atoms with Crippen LogP contribution in [0.3, 0.4) is 0 Å². The lowest BCUT2D eigenvalue weighted by Gasteiger charge is -2.36. The molecule has 1 saturated heterocycles. The summed E-state index contributed by atoms with van der Waals surface area (Å²) in [4.78, 5) is 75.5. The third-order valence-corrected chi connectivity index (χ3v) is 6.25. The zero-order chi connectivity index (χ0) is 30.9. The predicted molar refractivity (Wildman–Crippen MR) is 153 cm³/mol. The van der Waals surface area contributed by atoms with Crippen LogP contribution in [0.25, 0.3) is 11.4 Å². The number of piperazine rings is 1. The summed E-state index contributed by atoms with van der Waals surface area (Å²) in [5, 5.41) is 2.74. The van der Waals surface area contributed by atoms with Crippen LogP contribution in [0.1, 0.15) is 63.6 Å². The van der Waals surface area contributed by atoms with Crippen LogP contribution >= 0.6 is 0 Å². The van der Waals surface area contributed by atoms with Gasteiger partial charge in [0.2, 0.25) is 5.91 Å². The molecule has 1 aromatic carbocycles. The number of carbonyl (C=O) groups excluding carboxylic acids is 5. The van der Waals surface area contributed by atoms with E-state index in [1.54, 1.807) is 44.7 Å². The van der Waals surface area contributed by atoms with E-state index in [0.29, 0.717) is 11.3 Å². The minimum atomic E-state index is -1.06. The first-order valence-electron chi connectivity index (χ1n) is 14.0. The van der Waals surface area contributed by atoms with Crippen molar-refractivity contribution in [2.75, 3.05) is 32.8 Å². The van der Waals surface area contributed by atoms with Crippen molar-refractivity contribution in [3.05, 3.63) is 47.8 Å². The number of ketones is 1. The van der Waals surface area contributed by atoms with Gasteiger partial charge in [0.25, 0.3) is 5.91 Å². The number of hydrogen-bond donors (Lipinski definition) is 1. The molecule has 12 heteroatoms. The molecule has 12 nitrogen and oxygen atoms in total. The maximum Gasteiger partial charge on any atom is 0.409 e. The van der Waals surface area contributed by atoms with Gasteiger partial charge < -0.3 is 24.6 Å². The number of Topliss-reactive ketones (excluding diaryl/α,β-unsaturated/α-hetero) is 1. The predicted octanol–water partition coefficient (Wildman–Crippen LogP) is 2.80. The van der Waals surface area contributed by atoms with Gasteiger partial charge in [0.1, 0.15) is 23.1 Å². The van der Waals surface area contributed by atoms with Crippen LogP contribution in [-0.4, -0.2) is 93.9 Å². The average Bonchev–Trinajstić information content (AvgIpc) is 2.94. The second-order valence-electron chi connectivity index (χ2n) is 11.0. The fourth-order valence-corrected chi connectivity index (χ4v) is 4.36. The first kappa shape index (κ1) is 32.2. The molecular weight excluding hydrogens is 542 g/mol. The van der Waals surface area contributed by atoms with Gasteiger partial charge in [0.15, 0.2) is 5.82 Å². The number of hydrogen-bond acceptors (Lipinski definition) is 9. The van der Waals surface area contributed by atoms with Gasteiger partial charge in [-0.15, -0.1) is 0 Å². The van der Waals surface area contributed by atoms with Gasteiger partial charge in [-0.25, -0.2) is 14.8 Å². The molecule has 1 aliphatic rings. The van der Waals surface area contributed by atoms with Crippen LogP contribution < -0.4 is 5.32 Å². The van der Waals surface area contributed by atoms with Gasteiger partial charge in [-0.1, -0.05) is 30.3 Å². The maximum absolute atomic E-state index is 13.6. The lowest BCUT2D eigenvalue weighted by atomic mass is 10.1. The second-order valence-corrected chi connectivity index (χ2v) is 11.0. The Labute approximate surface area is 245 Å². The summed E-state index contributed by atoms with van der Waals surface area (Å²) >= 11 is 0. The average molecular weight is 582 g/mol. The largest absolute Gasteiger partial charge is 0.460 e. The Bertz CT molecular complexity index is 1280. The fourth-order valence-electron chi connectivity index (χ4n) is 4.36. The molecule has 2 heterocycles. The van der Waals surface area contributed by atoms with Crippen molar-refractivity contribution in [2.24, 2.45) is 0 Å². The molecule has 1 unspecified atom stereocenters. The molecule has 0 saturated carbocycles. The van der Waals surface area contributed by atoms with E-state index in [9.17, 15) is 24.0 Å². The summed E-state index contributed by atoms with van der Waals surface area (Å²) in [5.74, 6) is -1.40. The Morgan fingerprint density at radius 1 is 0.976 bits per heavy atom. The number of nitrogens with zero attached hydrogens (tertiary/aromatic N) is 4. The van der Waals surface area contributed by atoms with Crippen molar-refractivity contribution >= 4 is 29.7 Å². The van der Waals surface area contributed by atoms with Crippen LogP contribution in [0.15, 0.2) is 36.4 Å². The molecule has 42 heavy (non-hydrogen) atoms. The zero-order valence-electron chi connectivity index (χ0n) is 24.8. The lowest BCUT2D eigenvalue weighted by molar-refractivity contribution is -0.155. The Morgan fingerprint density at radius 2 is 1.62 bits per heavy atom. The second kappa shape index (κ2) is 14.5. The zero-order valence-corrected chi connectivity index (χ0v) is 24.8. The topological polar surface area (TPSA) is 148 Å². The highest BCUT2D eigenvalue weighted by Crippen LogP contribution is 2.17. The van der Waals surface area contributed by atoms with Gasteiger partial charge in [0, 0.05) is 44.6 Å². The third kappa shape index (κ3) is 9.64. The number of carbonyl (C=O) groups is 5. The van der Waals surface area contributed by atoms with Crippen LogP contribution in [0.2, 0.25) is 0 Å². The van der Waals surface area contributed by atoms with Crippen molar-refractivity contribution in [3.8, 4) is 11.4 Å². The van der Waals surface area contributed by atoms with E-state index in [1.165, 1.54) is 17.9 Å². The molecule has 1 N–H and O–H groups in total. The third-order valence-electron chi connectivity index (χ3n) is 6.25. The number of amides is 3. The standard InChI is InChI=1S/C30H39N5O7/c1-6-41-29(40)35-16-14-34(15-17-35)28(39)23(12-13-25(37)42-30(3,4)5)33-27(38)24-19-22(18-20(2)36)31-26(32-24)21-10-8-7-9-11-21/h7-11,19,23H,6,12-18H2,1-5H3,(H,33,38). The van der Waals surface area contributed by atoms with E-state index in [4.69, 9.17) is 9.47 Å². The van der Waals surface area contributed by atoms with Crippen LogP contribution in [0, 0.1) is 0 Å². The molecule has 0 spiro atoms. The van der Waals surface area contributed by atoms with Crippen molar-refractivity contribution in [2.45, 2.75) is 65.5 Å². The molecule has 1 atom stereocenters. The van der Waals surface area contributed by atoms with Crippen molar-refractivity contribution in [3.63, 3.8) is 0 Å². The first-order chi connectivity index (χ1) is 19.9. The minimum Gasteiger partial charge on any atom is -0.460 e. The smallest absolute Gasteiger partial charge is 0.409 e. The highest BCUT2D eigenvalue weighted by molar-refractivity contribution is 5.97. The number of aromatic nitrogens is 2. The number of ether oxygens (including phenoxy) is 2. The van der Waals surface area contributed by atoms with E-state index < -0.39 is 35.5 Å². The molecule has 1 aliphatic heterocycles. The van der Waals surface area contributed by atoms with Crippen LogP contribution in [0.5, 0.6) is 0 Å². The normalized spacial score (nSPS) is 14.1. The molecular formula is C30H39N5O7. The molecule has 226 valence electrons. The van der Waals surface area contributed by atoms with E-state index in [-0.39, 0.29) is 69.3 Å². The SMILES string of the molecule is CCOC(=O)N1CCN(C(=O)C(CCC(=O)OC(C)(C)C)NC(=O)c2cc(CC(C)=O)nc(-c3ccccc3)n2)CC1. The van der Waals surface area contributed by atoms with E-state index in [2.05, 4.69) is 15.3 Å². The maximum atomic E-state index is 13.6. The molecule has 0 bridgehead atoms. The lowest BCUT2D eigenvalue weighted by Crippen LogP contribution is -2.56. The molecule has 0 aliphatic carbocycles. The van der Waals surface area contributed by atoms with Crippen LogP contribution in [-0.2, 0) is 30.3 Å². The monoisotopic (exact) mass is 581 g/mol. The van der Waals surface area contributed by atoms with Crippen molar-refractivity contribution < 1.29 is 33.4 Å². The molecule has 3 rings (SSSR count). The summed E-state index contributed by atoms with van der Waals surface area (Å²) in [6.45, 7) is 9.67. The van der Waals surface area contributed by atoms with Gasteiger partial charge in [0.05, 0.1) is 12.3 Å². The van der Waals surface area contributed by atoms with E-state index >= 15 is 0 Å². The van der Waals surface area contributed by atoms with Crippen molar-refractivity contribution in [1.82, 2.24) is 25.1 Å². The minimum absolute atomic E-state index is 0.00545. The highest BCUT2D eigenvalue weighted by Gasteiger charge is 2.32. The molecule has 0 radical (unpaired) electrons. The number of benzene rings is 1. The molecule has 1 aromatic heterocycles. The quantitative estimate of drug-likeness (QED) is 0.418.